The number of carbonyl (C=O) groups excluding carboxylic acids is 1. The van der Waals surface area contributed by atoms with Gasteiger partial charge < -0.3 is 19.3 Å². The summed E-state index contributed by atoms with van der Waals surface area (Å²) in [6, 6.07) is 0. The van der Waals surface area contributed by atoms with E-state index in [4.69, 9.17) is 14.2 Å². The molecular formula is C26H40O5. The molecule has 2 aliphatic rings. The Morgan fingerprint density at radius 3 is 2.52 bits per heavy atom. The molecule has 0 aromatic carbocycles. The fraction of sp³-hybridized carbons (Fsp3) is 0.654. The van der Waals surface area contributed by atoms with Crippen molar-refractivity contribution in [2.45, 2.75) is 97.7 Å². The molecule has 31 heavy (non-hydrogen) atoms. The summed E-state index contributed by atoms with van der Waals surface area (Å²) in [6.07, 6.45) is 14.4. The van der Waals surface area contributed by atoms with E-state index in [1.54, 1.807) is 0 Å². The van der Waals surface area contributed by atoms with Crippen molar-refractivity contribution < 1.29 is 24.1 Å². The highest BCUT2D eigenvalue weighted by Gasteiger charge is 2.49. The van der Waals surface area contributed by atoms with Gasteiger partial charge >= 0.3 is 5.97 Å². The lowest BCUT2D eigenvalue weighted by atomic mass is 9.76. The number of aliphatic hydroxyl groups excluding tert-OH is 1. The number of hydrogen-bond donors (Lipinski definition) is 1. The number of carbonyl (C=O) groups is 1. The Balaban J connectivity index is 2.41. The molecule has 4 atom stereocenters. The fourth-order valence-corrected chi connectivity index (χ4v) is 4.08. The molecule has 0 unspecified atom stereocenters. The van der Waals surface area contributed by atoms with Crippen LogP contribution in [-0.2, 0) is 19.0 Å². The summed E-state index contributed by atoms with van der Waals surface area (Å²) in [5.41, 5.74) is 1.39. The molecule has 1 saturated heterocycles. The highest BCUT2D eigenvalue weighted by atomic mass is 16.7. The summed E-state index contributed by atoms with van der Waals surface area (Å²) < 4.78 is 17.8. The first-order chi connectivity index (χ1) is 14.6. The fourth-order valence-electron chi connectivity index (χ4n) is 4.08. The molecule has 1 aliphatic carbocycles. The molecular weight excluding hydrogens is 392 g/mol. The van der Waals surface area contributed by atoms with Crippen molar-refractivity contribution >= 4 is 5.97 Å². The van der Waals surface area contributed by atoms with Crippen molar-refractivity contribution in [3.05, 3.63) is 47.6 Å². The van der Waals surface area contributed by atoms with E-state index in [-0.39, 0.29) is 18.2 Å². The predicted molar refractivity (Wildman–Crippen MR) is 123 cm³/mol. The van der Waals surface area contributed by atoms with Gasteiger partial charge in [0.25, 0.3) is 0 Å². The summed E-state index contributed by atoms with van der Waals surface area (Å²) >= 11 is 0. The van der Waals surface area contributed by atoms with Gasteiger partial charge in [0.2, 0.25) is 0 Å². The zero-order valence-corrected chi connectivity index (χ0v) is 20.0. The lowest BCUT2D eigenvalue weighted by Crippen LogP contribution is -2.53. The Morgan fingerprint density at radius 1 is 1.10 bits per heavy atom. The largest absolute Gasteiger partial charge is 0.465 e. The standard InChI is InChI=1S/C26H40O5/c1-7-29-24(28)26(6)16-15-20(3)12-10-8-9-11-19(2)13-14-21(27)17-22-18-23(26)31-25(4,5)30-22/h10-15,21-23,27H,7-9,16-18H2,1-6H3/b12-10+,14-13+,19-11+,20-15+/t21-,22-,23-,26+/m1/s1. The quantitative estimate of drug-likeness (QED) is 0.592. The molecule has 0 aromatic rings. The van der Waals surface area contributed by atoms with Gasteiger partial charge in [-0.2, -0.15) is 0 Å². The lowest BCUT2D eigenvalue weighted by Gasteiger charge is -2.46. The smallest absolute Gasteiger partial charge is 0.314 e. The minimum atomic E-state index is -0.859. The highest BCUT2D eigenvalue weighted by Crippen LogP contribution is 2.41. The van der Waals surface area contributed by atoms with Gasteiger partial charge in [0.15, 0.2) is 5.79 Å². The van der Waals surface area contributed by atoms with E-state index >= 15 is 0 Å². The SMILES string of the molecule is CCOC(=O)[C@@]1(C)C/C=C(C)/C=C/CC/C=C(C)/C=C/[C@@H](O)C[C@@H]2C[C@H]1OC(C)(C)O2. The van der Waals surface area contributed by atoms with Gasteiger partial charge in [-0.05, 0) is 60.8 Å². The Morgan fingerprint density at radius 2 is 1.81 bits per heavy atom. The Kier molecular flexibility index (Phi) is 9.28. The van der Waals surface area contributed by atoms with Gasteiger partial charge in [-0.25, -0.2) is 0 Å². The van der Waals surface area contributed by atoms with Crippen LogP contribution in [0.15, 0.2) is 47.6 Å². The molecule has 0 saturated carbocycles. The van der Waals surface area contributed by atoms with Crippen LogP contribution in [-0.4, -0.2) is 41.8 Å². The van der Waals surface area contributed by atoms with Crippen molar-refractivity contribution in [2.75, 3.05) is 6.61 Å². The zero-order valence-electron chi connectivity index (χ0n) is 20.0. The number of esters is 1. The Hall–Kier alpha value is -1.69. The molecule has 0 aromatic heterocycles. The second-order valence-corrected chi connectivity index (χ2v) is 9.36. The van der Waals surface area contributed by atoms with Crippen molar-refractivity contribution in [3.63, 3.8) is 0 Å². The van der Waals surface area contributed by atoms with E-state index in [0.29, 0.717) is 25.9 Å². The molecule has 0 spiro atoms. The zero-order chi connectivity index (χ0) is 23.1. The van der Waals surface area contributed by atoms with E-state index in [1.807, 2.05) is 53.7 Å². The third kappa shape index (κ3) is 7.74. The van der Waals surface area contributed by atoms with Gasteiger partial charge in [-0.1, -0.05) is 47.6 Å². The molecule has 0 radical (unpaired) electrons. The maximum Gasteiger partial charge on any atom is 0.314 e. The summed E-state index contributed by atoms with van der Waals surface area (Å²) in [7, 11) is 0. The molecule has 1 heterocycles. The van der Waals surface area contributed by atoms with Crippen LogP contribution in [0.4, 0.5) is 0 Å². The van der Waals surface area contributed by atoms with Crippen molar-refractivity contribution in [2.24, 2.45) is 5.41 Å². The van der Waals surface area contributed by atoms with Crippen molar-refractivity contribution in [3.8, 4) is 0 Å². The summed E-state index contributed by atoms with van der Waals surface area (Å²) in [5, 5.41) is 10.6. The average Bonchev–Trinajstić information content (AvgIpc) is 2.68. The molecule has 174 valence electrons. The van der Waals surface area contributed by atoms with Crippen LogP contribution in [0.25, 0.3) is 0 Å². The molecule has 2 rings (SSSR count). The number of allylic oxidation sites excluding steroid dienone is 7. The predicted octanol–water partition coefficient (Wildman–Crippen LogP) is 5.41. The number of fused-ring (bicyclic) bond motifs is 2. The molecule has 5 nitrogen and oxygen atoms in total. The van der Waals surface area contributed by atoms with Crippen LogP contribution in [0.3, 0.4) is 0 Å². The number of aliphatic hydroxyl groups is 1. The van der Waals surface area contributed by atoms with Crippen LogP contribution >= 0.6 is 0 Å². The third-order valence-electron chi connectivity index (χ3n) is 5.92. The summed E-state index contributed by atoms with van der Waals surface area (Å²) in [4.78, 5) is 13.1. The average molecular weight is 433 g/mol. The van der Waals surface area contributed by atoms with E-state index in [1.165, 1.54) is 0 Å². The van der Waals surface area contributed by atoms with Crippen LogP contribution < -0.4 is 0 Å². The highest BCUT2D eigenvalue weighted by molar-refractivity contribution is 5.77. The number of hydrogen-bond acceptors (Lipinski definition) is 5. The van der Waals surface area contributed by atoms with Crippen LogP contribution in [0.2, 0.25) is 0 Å². The van der Waals surface area contributed by atoms with E-state index in [9.17, 15) is 9.90 Å². The van der Waals surface area contributed by atoms with Gasteiger partial charge in [0.1, 0.15) is 0 Å². The third-order valence-corrected chi connectivity index (χ3v) is 5.92. The second kappa shape index (κ2) is 11.3. The Labute approximate surface area is 187 Å². The number of rotatable bonds is 2. The monoisotopic (exact) mass is 432 g/mol. The lowest BCUT2D eigenvalue weighted by molar-refractivity contribution is -0.318. The molecule has 5 heteroatoms. The van der Waals surface area contributed by atoms with E-state index in [2.05, 4.69) is 24.3 Å². The minimum absolute atomic E-state index is 0.230. The maximum absolute atomic E-state index is 13.1. The van der Waals surface area contributed by atoms with E-state index < -0.39 is 17.3 Å². The minimum Gasteiger partial charge on any atom is -0.465 e. The number of ether oxygens (including phenoxy) is 3. The molecule has 2 bridgehead atoms. The van der Waals surface area contributed by atoms with Gasteiger partial charge in [-0.3, -0.25) is 4.79 Å². The van der Waals surface area contributed by atoms with Gasteiger partial charge in [0.05, 0.1) is 30.3 Å². The van der Waals surface area contributed by atoms with E-state index in [0.717, 1.165) is 24.0 Å². The van der Waals surface area contributed by atoms with Gasteiger partial charge in [0, 0.05) is 12.8 Å². The van der Waals surface area contributed by atoms with Gasteiger partial charge in [-0.15, -0.1) is 0 Å². The van der Waals surface area contributed by atoms with Crippen molar-refractivity contribution in [1.29, 1.82) is 0 Å². The van der Waals surface area contributed by atoms with Crippen LogP contribution in [0.5, 0.6) is 0 Å². The van der Waals surface area contributed by atoms with Crippen molar-refractivity contribution in [1.82, 2.24) is 0 Å². The maximum atomic E-state index is 13.1. The first-order valence-electron chi connectivity index (χ1n) is 11.4. The first kappa shape index (κ1) is 25.6. The molecule has 0 amide bonds. The normalized spacial score (nSPS) is 38.0. The molecule has 1 aliphatic heterocycles. The van der Waals surface area contributed by atoms with Crippen LogP contribution in [0.1, 0.15) is 73.6 Å². The second-order valence-electron chi connectivity index (χ2n) is 9.36. The topological polar surface area (TPSA) is 65.0 Å². The molecule has 1 fully saturated rings. The Bertz CT molecular complexity index is 730. The summed E-state index contributed by atoms with van der Waals surface area (Å²) in [5.74, 6) is -1.12. The summed E-state index contributed by atoms with van der Waals surface area (Å²) in [6.45, 7) is 11.9. The van der Waals surface area contributed by atoms with Crippen LogP contribution in [0, 0.1) is 5.41 Å². The first-order valence-corrected chi connectivity index (χ1v) is 11.4. The molecule has 1 N–H and O–H groups in total.